The lowest BCUT2D eigenvalue weighted by molar-refractivity contribution is 0.372. The predicted molar refractivity (Wildman–Crippen MR) is 84.2 cm³/mol. The van der Waals surface area contributed by atoms with Gasteiger partial charge in [-0.25, -0.2) is 4.98 Å². The summed E-state index contributed by atoms with van der Waals surface area (Å²) in [5.74, 6) is 2.50. The van der Waals surface area contributed by atoms with E-state index in [-0.39, 0.29) is 0 Å². The average molecular weight is 310 g/mol. The Bertz CT molecular complexity index is 830. The van der Waals surface area contributed by atoms with Crippen LogP contribution in [0.5, 0.6) is 0 Å². The molecule has 0 radical (unpaired) electrons. The fourth-order valence-electron chi connectivity index (χ4n) is 3.04. The predicted octanol–water partition coefficient (Wildman–Crippen LogP) is 2.56. The molecule has 1 aromatic carbocycles. The van der Waals surface area contributed by atoms with Gasteiger partial charge in [0.05, 0.1) is 5.54 Å². The van der Waals surface area contributed by atoms with E-state index in [4.69, 9.17) is 10.3 Å². The van der Waals surface area contributed by atoms with E-state index in [1.807, 2.05) is 31.2 Å². The summed E-state index contributed by atoms with van der Waals surface area (Å²) in [5.41, 5.74) is 7.68. The van der Waals surface area contributed by atoms with Crippen LogP contribution in [0.1, 0.15) is 37.3 Å². The molecule has 0 spiro atoms. The number of aromatic amines is 1. The number of nitrogens with one attached hydrogen (secondary N) is 1. The zero-order valence-electron chi connectivity index (χ0n) is 12.9. The molecule has 7 heteroatoms. The highest BCUT2D eigenvalue weighted by Crippen LogP contribution is 2.35. The van der Waals surface area contributed by atoms with Crippen molar-refractivity contribution in [2.45, 2.75) is 38.1 Å². The van der Waals surface area contributed by atoms with Gasteiger partial charge in [-0.15, -0.1) is 0 Å². The summed E-state index contributed by atoms with van der Waals surface area (Å²) in [6.45, 7) is 1.87. The minimum Gasteiger partial charge on any atom is -0.334 e. The van der Waals surface area contributed by atoms with Crippen LogP contribution in [0.15, 0.2) is 28.8 Å². The summed E-state index contributed by atoms with van der Waals surface area (Å²) >= 11 is 0. The van der Waals surface area contributed by atoms with E-state index in [1.54, 1.807) is 0 Å². The highest BCUT2D eigenvalue weighted by Gasteiger charge is 2.36. The third-order valence-electron chi connectivity index (χ3n) is 4.33. The van der Waals surface area contributed by atoms with Gasteiger partial charge in [0, 0.05) is 11.1 Å². The summed E-state index contributed by atoms with van der Waals surface area (Å²) in [7, 11) is 0. The van der Waals surface area contributed by atoms with Gasteiger partial charge in [-0.05, 0) is 31.9 Å². The van der Waals surface area contributed by atoms with Crippen molar-refractivity contribution in [3.63, 3.8) is 0 Å². The SMILES string of the molecule is Cc1nc(-c2cccc(-c3nc(C4(N)CCCC4)no3)c2)n[nH]1. The standard InChI is InChI=1S/C16H18N6O/c1-10-18-13(21-20-10)11-5-4-6-12(9-11)14-19-15(22-23-14)16(17)7-2-3-8-16/h4-6,9H,2-3,7-8,17H2,1H3,(H,18,20,21). The third-order valence-corrected chi connectivity index (χ3v) is 4.33. The van der Waals surface area contributed by atoms with Gasteiger partial charge < -0.3 is 10.3 Å². The third kappa shape index (κ3) is 2.53. The van der Waals surface area contributed by atoms with Crippen LogP contribution in [-0.4, -0.2) is 25.3 Å². The molecule has 2 heterocycles. The number of H-pyrrole nitrogens is 1. The van der Waals surface area contributed by atoms with Gasteiger partial charge in [0.15, 0.2) is 11.6 Å². The topological polar surface area (TPSA) is 107 Å². The van der Waals surface area contributed by atoms with E-state index in [0.29, 0.717) is 17.5 Å². The molecule has 118 valence electrons. The lowest BCUT2D eigenvalue weighted by Gasteiger charge is -2.17. The second kappa shape index (κ2) is 5.27. The molecule has 2 aromatic heterocycles. The monoisotopic (exact) mass is 310 g/mol. The largest absolute Gasteiger partial charge is 0.334 e. The zero-order valence-corrected chi connectivity index (χ0v) is 12.9. The van der Waals surface area contributed by atoms with Gasteiger partial charge in [-0.2, -0.15) is 10.1 Å². The van der Waals surface area contributed by atoms with Crippen molar-refractivity contribution in [3.05, 3.63) is 35.9 Å². The molecule has 23 heavy (non-hydrogen) atoms. The molecule has 0 aliphatic heterocycles. The summed E-state index contributed by atoms with van der Waals surface area (Å²) in [4.78, 5) is 8.86. The van der Waals surface area contributed by atoms with E-state index in [2.05, 4.69) is 25.3 Å². The van der Waals surface area contributed by atoms with Crippen LogP contribution in [0.3, 0.4) is 0 Å². The molecule has 0 saturated heterocycles. The number of nitrogens with two attached hydrogens (primary N) is 1. The zero-order chi connectivity index (χ0) is 15.9. The molecule has 0 unspecified atom stereocenters. The maximum absolute atomic E-state index is 6.39. The van der Waals surface area contributed by atoms with Gasteiger partial charge in [-0.3, -0.25) is 5.10 Å². The van der Waals surface area contributed by atoms with E-state index in [1.165, 1.54) is 0 Å². The van der Waals surface area contributed by atoms with Gasteiger partial charge in [0.2, 0.25) is 0 Å². The number of rotatable bonds is 3. The van der Waals surface area contributed by atoms with Crippen molar-refractivity contribution in [1.82, 2.24) is 25.3 Å². The second-order valence-corrected chi connectivity index (χ2v) is 6.11. The summed E-state index contributed by atoms with van der Waals surface area (Å²) in [6, 6.07) is 7.74. The van der Waals surface area contributed by atoms with Crippen LogP contribution in [-0.2, 0) is 5.54 Å². The molecule has 0 atom stereocenters. The lowest BCUT2D eigenvalue weighted by atomic mass is 9.98. The van der Waals surface area contributed by atoms with E-state index in [0.717, 1.165) is 42.6 Å². The van der Waals surface area contributed by atoms with Crippen LogP contribution in [0.25, 0.3) is 22.8 Å². The first-order chi connectivity index (χ1) is 11.1. The fraction of sp³-hybridized carbons (Fsp3) is 0.375. The minimum atomic E-state index is -0.444. The Morgan fingerprint density at radius 1 is 1.17 bits per heavy atom. The molecule has 0 amide bonds. The highest BCUT2D eigenvalue weighted by atomic mass is 16.5. The Hall–Kier alpha value is -2.54. The van der Waals surface area contributed by atoms with E-state index < -0.39 is 5.54 Å². The second-order valence-electron chi connectivity index (χ2n) is 6.11. The van der Waals surface area contributed by atoms with Crippen LogP contribution in [0.4, 0.5) is 0 Å². The minimum absolute atomic E-state index is 0.444. The van der Waals surface area contributed by atoms with Crippen LogP contribution in [0.2, 0.25) is 0 Å². The lowest BCUT2D eigenvalue weighted by Crippen LogP contribution is -2.34. The Kier molecular flexibility index (Phi) is 3.23. The Labute approximate surface area is 133 Å². The van der Waals surface area contributed by atoms with Gasteiger partial charge in [0.1, 0.15) is 5.82 Å². The normalized spacial score (nSPS) is 16.8. The number of aromatic nitrogens is 5. The van der Waals surface area contributed by atoms with Crippen molar-refractivity contribution in [1.29, 1.82) is 0 Å². The van der Waals surface area contributed by atoms with Crippen LogP contribution in [0, 0.1) is 6.92 Å². The molecule has 0 bridgehead atoms. The molecule has 3 N–H and O–H groups in total. The van der Waals surface area contributed by atoms with Crippen LogP contribution >= 0.6 is 0 Å². The molecule has 1 aliphatic carbocycles. The Morgan fingerprint density at radius 2 is 1.96 bits per heavy atom. The Balaban J connectivity index is 1.67. The Morgan fingerprint density at radius 3 is 2.70 bits per heavy atom. The first-order valence-corrected chi connectivity index (χ1v) is 7.77. The summed E-state index contributed by atoms with van der Waals surface area (Å²) in [6.07, 6.45) is 4.03. The molecular weight excluding hydrogens is 292 g/mol. The molecule has 3 aromatic rings. The highest BCUT2D eigenvalue weighted by molar-refractivity contribution is 5.65. The molecule has 1 saturated carbocycles. The van der Waals surface area contributed by atoms with Crippen molar-refractivity contribution in [3.8, 4) is 22.8 Å². The molecule has 7 nitrogen and oxygen atoms in total. The number of hydrogen-bond donors (Lipinski definition) is 2. The number of nitrogens with zero attached hydrogens (tertiary/aromatic N) is 4. The maximum Gasteiger partial charge on any atom is 0.258 e. The first-order valence-electron chi connectivity index (χ1n) is 7.77. The summed E-state index contributed by atoms with van der Waals surface area (Å²) in [5, 5.41) is 11.1. The molecule has 4 rings (SSSR count). The molecule has 1 fully saturated rings. The van der Waals surface area contributed by atoms with Crippen molar-refractivity contribution in [2.75, 3.05) is 0 Å². The van der Waals surface area contributed by atoms with Gasteiger partial charge in [0.25, 0.3) is 5.89 Å². The summed E-state index contributed by atoms with van der Waals surface area (Å²) < 4.78 is 5.43. The molecule has 1 aliphatic rings. The molecular formula is C16H18N6O. The maximum atomic E-state index is 6.39. The van der Waals surface area contributed by atoms with Crippen molar-refractivity contribution < 1.29 is 4.52 Å². The number of hydrogen-bond acceptors (Lipinski definition) is 6. The van der Waals surface area contributed by atoms with Crippen molar-refractivity contribution in [2.24, 2.45) is 5.73 Å². The van der Waals surface area contributed by atoms with Gasteiger partial charge >= 0.3 is 0 Å². The number of aryl methyl sites for hydroxylation is 1. The fourth-order valence-corrected chi connectivity index (χ4v) is 3.04. The smallest absolute Gasteiger partial charge is 0.258 e. The van der Waals surface area contributed by atoms with Crippen molar-refractivity contribution >= 4 is 0 Å². The van der Waals surface area contributed by atoms with E-state index in [9.17, 15) is 0 Å². The quantitative estimate of drug-likeness (QED) is 0.770. The number of benzene rings is 1. The van der Waals surface area contributed by atoms with Gasteiger partial charge in [-0.1, -0.05) is 30.1 Å². The average Bonchev–Trinajstić information content (AvgIpc) is 3.28. The van der Waals surface area contributed by atoms with E-state index >= 15 is 0 Å². The van der Waals surface area contributed by atoms with Crippen LogP contribution < -0.4 is 5.73 Å². The first kappa shape index (κ1) is 14.1.